The fourth-order valence-electron chi connectivity index (χ4n) is 5.02. The van der Waals surface area contributed by atoms with Gasteiger partial charge in [-0.15, -0.1) is 0 Å². The van der Waals surface area contributed by atoms with Gasteiger partial charge < -0.3 is 25.2 Å². The zero-order valence-corrected chi connectivity index (χ0v) is 19.6. The molecule has 180 valence electrons. The summed E-state index contributed by atoms with van der Waals surface area (Å²) in [5.41, 5.74) is 9.80. The number of hydrogen-bond acceptors (Lipinski definition) is 5. The van der Waals surface area contributed by atoms with Crippen molar-refractivity contribution < 1.29 is 19.5 Å². The summed E-state index contributed by atoms with van der Waals surface area (Å²) in [6.45, 7) is 5.53. The fraction of sp³-hybridized carbons (Fsp3) is 0.308. The topological polar surface area (TPSA) is 122 Å². The van der Waals surface area contributed by atoms with Crippen molar-refractivity contribution >= 4 is 34.8 Å². The van der Waals surface area contributed by atoms with Gasteiger partial charge in [0.2, 0.25) is 11.8 Å². The van der Waals surface area contributed by atoms with Crippen LogP contribution in [0.1, 0.15) is 41.9 Å². The molecule has 3 aromatic rings. The van der Waals surface area contributed by atoms with Crippen LogP contribution in [0.3, 0.4) is 0 Å². The molecule has 2 aliphatic rings. The Bertz CT molecular complexity index is 1350. The number of nitrogen functional groups attached to an aromatic ring is 1. The van der Waals surface area contributed by atoms with E-state index in [0.29, 0.717) is 31.0 Å². The van der Waals surface area contributed by atoms with Gasteiger partial charge in [0, 0.05) is 54.7 Å². The molecular weight excluding hydrogens is 446 g/mol. The molecular formula is C26H27N5O4. The van der Waals surface area contributed by atoms with Gasteiger partial charge in [0.15, 0.2) is 5.69 Å². The first-order valence-corrected chi connectivity index (χ1v) is 11.5. The normalized spacial score (nSPS) is 18.7. The summed E-state index contributed by atoms with van der Waals surface area (Å²) in [7, 11) is 0. The second kappa shape index (κ2) is 8.26. The lowest BCUT2D eigenvalue weighted by Crippen LogP contribution is -2.39. The summed E-state index contributed by atoms with van der Waals surface area (Å²) in [4.78, 5) is 44.8. The average molecular weight is 474 g/mol. The Morgan fingerprint density at radius 2 is 2.00 bits per heavy atom. The molecule has 35 heavy (non-hydrogen) atoms. The third-order valence-corrected chi connectivity index (χ3v) is 6.77. The highest BCUT2D eigenvalue weighted by atomic mass is 16.4. The second-order valence-corrected chi connectivity index (χ2v) is 9.90. The number of carboxylic acids is 1. The monoisotopic (exact) mass is 473 g/mol. The number of amides is 2. The van der Waals surface area contributed by atoms with Crippen LogP contribution in [0.2, 0.25) is 0 Å². The van der Waals surface area contributed by atoms with E-state index in [-0.39, 0.29) is 29.3 Å². The van der Waals surface area contributed by atoms with Crippen LogP contribution in [0, 0.1) is 5.92 Å². The maximum atomic E-state index is 13.6. The standard InChI is InChI=1S/C26H27N5O4/c1-26(2)14-31(24(33)17-9-23(32)30(12-17)19-5-3-4-18(27)10-19)22-7-6-16(8-20(22)26)11-29-13-21(25(34)35)28-15-29/h3-8,10,13,15,17H,9,11-12,14,27H2,1-2H3,(H,34,35). The number of aromatic nitrogens is 2. The number of anilines is 3. The smallest absolute Gasteiger partial charge is 0.356 e. The molecule has 1 saturated heterocycles. The van der Waals surface area contributed by atoms with Crippen molar-refractivity contribution in [3.05, 3.63) is 71.8 Å². The van der Waals surface area contributed by atoms with Crippen molar-refractivity contribution in [2.45, 2.75) is 32.2 Å². The van der Waals surface area contributed by atoms with Gasteiger partial charge in [-0.05, 0) is 35.4 Å². The van der Waals surface area contributed by atoms with Gasteiger partial charge in [-0.2, -0.15) is 0 Å². The molecule has 1 fully saturated rings. The molecule has 2 amide bonds. The Balaban J connectivity index is 1.36. The molecule has 0 aliphatic carbocycles. The van der Waals surface area contributed by atoms with E-state index >= 15 is 0 Å². The Kier molecular flexibility index (Phi) is 5.35. The van der Waals surface area contributed by atoms with E-state index < -0.39 is 11.9 Å². The molecule has 1 unspecified atom stereocenters. The van der Waals surface area contributed by atoms with Crippen LogP contribution in [0.25, 0.3) is 0 Å². The third-order valence-electron chi connectivity index (χ3n) is 6.77. The fourth-order valence-corrected chi connectivity index (χ4v) is 5.02. The zero-order valence-electron chi connectivity index (χ0n) is 19.6. The minimum atomic E-state index is -1.06. The number of rotatable bonds is 5. The summed E-state index contributed by atoms with van der Waals surface area (Å²) in [6.07, 6.45) is 3.17. The average Bonchev–Trinajstić information content (AvgIpc) is 3.50. The highest BCUT2D eigenvalue weighted by Gasteiger charge is 2.43. The number of fused-ring (bicyclic) bond motifs is 1. The van der Waals surface area contributed by atoms with Gasteiger partial charge in [0.25, 0.3) is 0 Å². The van der Waals surface area contributed by atoms with E-state index in [1.807, 2.05) is 18.2 Å². The lowest BCUT2D eigenvalue weighted by molar-refractivity contribution is -0.124. The van der Waals surface area contributed by atoms with Gasteiger partial charge in [-0.25, -0.2) is 9.78 Å². The zero-order chi connectivity index (χ0) is 24.9. The minimum Gasteiger partial charge on any atom is -0.476 e. The SMILES string of the molecule is CC1(C)CN(C(=O)C2CC(=O)N(c3cccc(N)c3)C2)c2ccc(Cn3cnc(C(=O)O)c3)cc21. The van der Waals surface area contributed by atoms with Crippen molar-refractivity contribution in [3.63, 3.8) is 0 Å². The summed E-state index contributed by atoms with van der Waals surface area (Å²) in [6, 6.07) is 13.1. The lowest BCUT2D eigenvalue weighted by Gasteiger charge is -2.23. The van der Waals surface area contributed by atoms with Gasteiger partial charge in [0.1, 0.15) is 0 Å². The number of hydrogen-bond donors (Lipinski definition) is 2. The van der Waals surface area contributed by atoms with Crippen molar-refractivity contribution in [1.82, 2.24) is 9.55 Å². The summed E-state index contributed by atoms with van der Waals surface area (Å²) >= 11 is 0. The minimum absolute atomic E-state index is 0.00149. The number of carbonyl (C=O) groups excluding carboxylic acids is 2. The lowest BCUT2D eigenvalue weighted by atomic mass is 9.86. The van der Waals surface area contributed by atoms with Gasteiger partial charge in [0.05, 0.1) is 12.2 Å². The highest BCUT2D eigenvalue weighted by molar-refractivity contribution is 6.05. The number of carboxylic acid groups (broad SMARTS) is 1. The summed E-state index contributed by atoms with van der Waals surface area (Å²) in [5.74, 6) is -1.62. The van der Waals surface area contributed by atoms with E-state index in [1.54, 1.807) is 32.6 Å². The highest BCUT2D eigenvalue weighted by Crippen LogP contribution is 2.42. The van der Waals surface area contributed by atoms with Gasteiger partial charge in [-0.1, -0.05) is 32.0 Å². The molecule has 3 heterocycles. The Morgan fingerprint density at radius 1 is 1.20 bits per heavy atom. The number of carbonyl (C=O) groups is 3. The first-order chi connectivity index (χ1) is 16.6. The molecule has 2 aromatic carbocycles. The number of benzene rings is 2. The molecule has 0 bridgehead atoms. The number of nitrogens with two attached hydrogens (primary N) is 1. The Labute approximate surface area is 202 Å². The molecule has 2 aliphatic heterocycles. The van der Waals surface area contributed by atoms with E-state index in [2.05, 4.69) is 24.9 Å². The predicted octanol–water partition coefficient (Wildman–Crippen LogP) is 2.89. The predicted molar refractivity (Wildman–Crippen MR) is 131 cm³/mol. The maximum Gasteiger partial charge on any atom is 0.356 e. The number of aromatic carboxylic acids is 1. The van der Waals surface area contributed by atoms with Crippen LogP contribution >= 0.6 is 0 Å². The molecule has 0 saturated carbocycles. The van der Waals surface area contributed by atoms with Crippen molar-refractivity contribution in [1.29, 1.82) is 0 Å². The summed E-state index contributed by atoms with van der Waals surface area (Å²) in [5, 5.41) is 9.10. The van der Waals surface area contributed by atoms with Crippen LogP contribution in [0.4, 0.5) is 17.1 Å². The van der Waals surface area contributed by atoms with Gasteiger partial charge >= 0.3 is 5.97 Å². The molecule has 9 heteroatoms. The van der Waals surface area contributed by atoms with Crippen LogP contribution in [0.5, 0.6) is 0 Å². The first kappa shape index (κ1) is 22.6. The van der Waals surface area contributed by atoms with Crippen molar-refractivity contribution in [2.24, 2.45) is 5.92 Å². The molecule has 1 atom stereocenters. The first-order valence-electron chi connectivity index (χ1n) is 11.5. The van der Waals surface area contributed by atoms with E-state index in [1.165, 1.54) is 12.5 Å². The van der Waals surface area contributed by atoms with Crippen LogP contribution in [-0.4, -0.2) is 45.5 Å². The van der Waals surface area contributed by atoms with E-state index in [9.17, 15) is 14.4 Å². The molecule has 0 spiro atoms. The summed E-state index contributed by atoms with van der Waals surface area (Å²) < 4.78 is 1.73. The van der Waals surface area contributed by atoms with Crippen LogP contribution in [-0.2, 0) is 21.5 Å². The Morgan fingerprint density at radius 3 is 2.71 bits per heavy atom. The quantitative estimate of drug-likeness (QED) is 0.550. The largest absolute Gasteiger partial charge is 0.476 e. The van der Waals surface area contributed by atoms with Crippen LogP contribution in [0.15, 0.2) is 55.0 Å². The van der Waals surface area contributed by atoms with Crippen molar-refractivity contribution in [2.75, 3.05) is 28.6 Å². The second-order valence-electron chi connectivity index (χ2n) is 9.90. The molecule has 0 radical (unpaired) electrons. The number of imidazole rings is 1. The van der Waals surface area contributed by atoms with Gasteiger partial charge in [-0.3, -0.25) is 9.59 Å². The molecule has 1 aromatic heterocycles. The molecule has 9 nitrogen and oxygen atoms in total. The maximum absolute atomic E-state index is 13.6. The van der Waals surface area contributed by atoms with E-state index in [4.69, 9.17) is 10.8 Å². The van der Waals surface area contributed by atoms with Crippen molar-refractivity contribution in [3.8, 4) is 0 Å². The van der Waals surface area contributed by atoms with E-state index in [0.717, 1.165) is 16.8 Å². The Hall–Kier alpha value is -4.14. The van der Waals surface area contributed by atoms with Crippen LogP contribution < -0.4 is 15.5 Å². The molecule has 5 rings (SSSR count). The number of nitrogens with zero attached hydrogens (tertiary/aromatic N) is 4. The third kappa shape index (κ3) is 4.14. The molecule has 3 N–H and O–H groups in total.